The Kier molecular flexibility index (Phi) is 6.26. The zero-order valence-corrected chi connectivity index (χ0v) is 19.3. The number of urea groups is 1. The second-order valence-electron chi connectivity index (χ2n) is 8.81. The molecule has 2 aliphatic rings. The molecule has 1 fully saturated rings. The first kappa shape index (κ1) is 23.7. The quantitative estimate of drug-likeness (QED) is 0.576. The van der Waals surface area contributed by atoms with Gasteiger partial charge in [-0.1, -0.05) is 24.3 Å². The summed E-state index contributed by atoms with van der Waals surface area (Å²) in [5.74, 6) is 0.319. The van der Waals surface area contributed by atoms with Crippen molar-refractivity contribution in [2.24, 2.45) is 0 Å². The van der Waals surface area contributed by atoms with Gasteiger partial charge in [0.25, 0.3) is 5.91 Å². The van der Waals surface area contributed by atoms with Crippen molar-refractivity contribution >= 4 is 23.4 Å². The number of alkyl halides is 3. The van der Waals surface area contributed by atoms with Crippen LogP contribution in [0.2, 0.25) is 0 Å². The van der Waals surface area contributed by atoms with E-state index in [9.17, 15) is 22.8 Å². The number of carbonyl (C=O) groups excluding carboxylic acids is 2. The molecule has 1 saturated heterocycles. The number of hydrogen-bond donors (Lipinski definition) is 1. The summed E-state index contributed by atoms with van der Waals surface area (Å²) >= 11 is 0. The number of amides is 3. The highest BCUT2D eigenvalue weighted by Gasteiger charge is 2.31. The topological polar surface area (TPSA) is 68.8 Å². The molecule has 0 saturated carbocycles. The average Bonchev–Trinajstić information content (AvgIpc) is 3.33. The van der Waals surface area contributed by atoms with Crippen molar-refractivity contribution in [2.45, 2.75) is 19.3 Å². The Morgan fingerprint density at radius 2 is 1.44 bits per heavy atom. The van der Waals surface area contributed by atoms with E-state index in [1.54, 1.807) is 34.1 Å². The van der Waals surface area contributed by atoms with Gasteiger partial charge in [-0.3, -0.25) is 4.79 Å². The number of piperazine rings is 1. The number of hydrogen-bond acceptors (Lipinski definition) is 4. The Morgan fingerprint density at radius 1 is 0.806 bits per heavy atom. The van der Waals surface area contributed by atoms with Crippen molar-refractivity contribution in [3.63, 3.8) is 0 Å². The summed E-state index contributed by atoms with van der Waals surface area (Å²) < 4.78 is 38.3. The van der Waals surface area contributed by atoms with Crippen LogP contribution in [0.4, 0.5) is 29.5 Å². The number of benzene rings is 2. The molecule has 0 aliphatic carbocycles. The van der Waals surface area contributed by atoms with Gasteiger partial charge in [-0.05, 0) is 47.5 Å². The maximum absolute atomic E-state index is 12.9. The Labute approximate surface area is 206 Å². The Balaban J connectivity index is 1.13. The first-order valence-electron chi connectivity index (χ1n) is 11.6. The molecular weight excluding hydrogens is 471 g/mol. The molecule has 186 valence electrons. The lowest BCUT2D eigenvalue weighted by Crippen LogP contribution is -2.49. The summed E-state index contributed by atoms with van der Waals surface area (Å²) in [4.78, 5) is 34.8. The number of rotatable bonds is 3. The highest BCUT2D eigenvalue weighted by molar-refractivity contribution is 5.95. The van der Waals surface area contributed by atoms with Crippen LogP contribution in [0.1, 0.15) is 27.0 Å². The van der Waals surface area contributed by atoms with E-state index in [0.717, 1.165) is 23.4 Å². The van der Waals surface area contributed by atoms with Gasteiger partial charge in [0.15, 0.2) is 0 Å². The zero-order chi connectivity index (χ0) is 25.3. The lowest BCUT2D eigenvalue weighted by Gasteiger charge is -2.35. The minimum Gasteiger partial charge on any atom is -0.353 e. The summed E-state index contributed by atoms with van der Waals surface area (Å²) in [7, 11) is 0. The van der Waals surface area contributed by atoms with Crippen LogP contribution in [-0.2, 0) is 19.3 Å². The lowest BCUT2D eigenvalue weighted by atomic mass is 10.1. The van der Waals surface area contributed by atoms with Crippen molar-refractivity contribution in [3.05, 3.63) is 89.1 Å². The Hall–Kier alpha value is -4.08. The average molecular weight is 496 g/mol. The molecule has 2 aromatic carbocycles. The lowest BCUT2D eigenvalue weighted by molar-refractivity contribution is -0.137. The fourth-order valence-corrected chi connectivity index (χ4v) is 4.44. The smallest absolute Gasteiger partial charge is 0.353 e. The van der Waals surface area contributed by atoms with Crippen molar-refractivity contribution in [1.29, 1.82) is 0 Å². The molecule has 10 heteroatoms. The van der Waals surface area contributed by atoms with Crippen LogP contribution >= 0.6 is 0 Å². The normalized spacial score (nSPS) is 15.6. The molecule has 7 nitrogen and oxygen atoms in total. The summed E-state index contributed by atoms with van der Waals surface area (Å²) in [6.45, 7) is 2.91. The Morgan fingerprint density at radius 3 is 2.00 bits per heavy atom. The van der Waals surface area contributed by atoms with Gasteiger partial charge in [-0.2, -0.15) is 13.2 Å². The van der Waals surface area contributed by atoms with E-state index >= 15 is 0 Å². The van der Waals surface area contributed by atoms with E-state index in [1.807, 2.05) is 29.2 Å². The predicted molar refractivity (Wildman–Crippen MR) is 129 cm³/mol. The first-order valence-corrected chi connectivity index (χ1v) is 11.6. The van der Waals surface area contributed by atoms with E-state index in [-0.39, 0.29) is 11.9 Å². The molecular formula is C26H24F3N5O2. The van der Waals surface area contributed by atoms with Gasteiger partial charge in [0.05, 0.1) is 5.56 Å². The van der Waals surface area contributed by atoms with E-state index < -0.39 is 11.7 Å². The van der Waals surface area contributed by atoms with Crippen LogP contribution in [0.3, 0.4) is 0 Å². The van der Waals surface area contributed by atoms with Crippen molar-refractivity contribution in [2.75, 3.05) is 36.4 Å². The van der Waals surface area contributed by atoms with E-state index in [4.69, 9.17) is 0 Å². The van der Waals surface area contributed by atoms with Crippen LogP contribution in [0.15, 0.2) is 66.9 Å². The molecule has 3 aromatic rings. The standard InChI is InChI=1S/C26H24F3N5O2/c27-26(28,29)21-7-10-23(30-15-21)32-11-13-33(14-12-32)24(35)18-5-8-22(9-6-18)31-25(36)34-16-19-3-1-2-4-20(19)17-34/h1-10,15H,11-14,16-17H2,(H,31,36). The van der Waals surface area contributed by atoms with Gasteiger partial charge in [-0.25, -0.2) is 9.78 Å². The van der Waals surface area contributed by atoms with Crippen molar-refractivity contribution < 1.29 is 22.8 Å². The molecule has 3 heterocycles. The molecule has 0 bridgehead atoms. The SMILES string of the molecule is O=C(Nc1ccc(C(=O)N2CCN(c3ccc(C(F)(F)F)cn3)CC2)cc1)N1Cc2ccccc2C1. The third-order valence-electron chi connectivity index (χ3n) is 6.48. The molecule has 1 aromatic heterocycles. The fraction of sp³-hybridized carbons (Fsp3) is 0.269. The molecule has 36 heavy (non-hydrogen) atoms. The van der Waals surface area contributed by atoms with Gasteiger partial charge in [0.2, 0.25) is 0 Å². The number of fused-ring (bicyclic) bond motifs is 1. The van der Waals surface area contributed by atoms with Gasteiger partial charge in [0.1, 0.15) is 5.82 Å². The minimum absolute atomic E-state index is 0.136. The second-order valence-corrected chi connectivity index (χ2v) is 8.81. The highest BCUT2D eigenvalue weighted by atomic mass is 19.4. The minimum atomic E-state index is -4.42. The number of pyridine rings is 1. The summed E-state index contributed by atoms with van der Waals surface area (Å²) in [6, 6.07) is 16.9. The monoisotopic (exact) mass is 495 g/mol. The number of carbonyl (C=O) groups is 2. The number of aromatic nitrogens is 1. The molecule has 2 aliphatic heterocycles. The third-order valence-corrected chi connectivity index (χ3v) is 6.48. The largest absolute Gasteiger partial charge is 0.417 e. The summed E-state index contributed by atoms with van der Waals surface area (Å²) in [6.07, 6.45) is -3.59. The molecule has 0 radical (unpaired) electrons. The van der Waals surface area contributed by atoms with Gasteiger partial charge in [-0.15, -0.1) is 0 Å². The third kappa shape index (κ3) is 4.98. The number of nitrogens with zero attached hydrogens (tertiary/aromatic N) is 4. The number of halogens is 3. The summed E-state index contributed by atoms with van der Waals surface area (Å²) in [5, 5.41) is 2.88. The molecule has 0 spiro atoms. The number of anilines is 2. The molecule has 3 amide bonds. The second kappa shape index (κ2) is 9.52. The molecule has 1 N–H and O–H groups in total. The molecule has 5 rings (SSSR count). The van der Waals surface area contributed by atoms with Gasteiger partial charge in [0, 0.05) is 56.7 Å². The molecule has 0 unspecified atom stereocenters. The van der Waals surface area contributed by atoms with Crippen LogP contribution < -0.4 is 10.2 Å². The van der Waals surface area contributed by atoms with Crippen molar-refractivity contribution in [3.8, 4) is 0 Å². The Bertz CT molecular complexity index is 1230. The van der Waals surface area contributed by atoms with Crippen LogP contribution in [0, 0.1) is 0 Å². The maximum atomic E-state index is 12.9. The maximum Gasteiger partial charge on any atom is 0.417 e. The predicted octanol–water partition coefficient (Wildman–Crippen LogP) is 4.61. The van der Waals surface area contributed by atoms with Crippen LogP contribution in [0.25, 0.3) is 0 Å². The highest BCUT2D eigenvalue weighted by Crippen LogP contribution is 2.29. The van der Waals surface area contributed by atoms with Crippen LogP contribution in [-0.4, -0.2) is 52.9 Å². The van der Waals surface area contributed by atoms with Crippen LogP contribution in [0.5, 0.6) is 0 Å². The van der Waals surface area contributed by atoms with Crippen molar-refractivity contribution in [1.82, 2.24) is 14.8 Å². The zero-order valence-electron chi connectivity index (χ0n) is 19.3. The fourth-order valence-electron chi connectivity index (χ4n) is 4.44. The van der Waals surface area contributed by atoms with Gasteiger partial charge >= 0.3 is 12.2 Å². The van der Waals surface area contributed by atoms with E-state index in [1.165, 1.54) is 6.07 Å². The molecule has 0 atom stereocenters. The van der Waals surface area contributed by atoms with E-state index in [2.05, 4.69) is 10.3 Å². The first-order chi connectivity index (χ1) is 17.3. The number of nitrogens with one attached hydrogen (secondary N) is 1. The van der Waals surface area contributed by atoms with Gasteiger partial charge < -0.3 is 20.0 Å². The summed E-state index contributed by atoms with van der Waals surface area (Å²) in [5.41, 5.74) is 2.60. The van der Waals surface area contributed by atoms with E-state index in [0.29, 0.717) is 56.3 Å².